The summed E-state index contributed by atoms with van der Waals surface area (Å²) in [6, 6.07) is -1.49. The molecule has 0 saturated carbocycles. The molecule has 0 aliphatic rings. The Morgan fingerprint density at radius 3 is 1.45 bits per heavy atom. The van der Waals surface area contributed by atoms with Crippen LogP contribution in [0, 0.1) is 0 Å². The average Bonchev–Trinajstić information content (AvgIpc) is 2.39. The molecule has 0 aliphatic heterocycles. The first-order chi connectivity index (χ1) is 9.36. The second kappa shape index (κ2) is 14.4. The number of rotatable bonds is 10. The summed E-state index contributed by atoms with van der Waals surface area (Å²) < 4.78 is 0. The van der Waals surface area contributed by atoms with Crippen molar-refractivity contribution in [2.75, 3.05) is 23.0 Å². The van der Waals surface area contributed by atoms with E-state index in [9.17, 15) is 9.59 Å². The van der Waals surface area contributed by atoms with Crippen molar-refractivity contribution in [2.24, 2.45) is 11.5 Å². The van der Waals surface area contributed by atoms with E-state index in [1.807, 2.05) is 0 Å². The molecule has 6 nitrogen and oxygen atoms in total. The Morgan fingerprint density at radius 1 is 0.950 bits per heavy atom. The number of thioether (sulfide) groups is 2. The van der Waals surface area contributed by atoms with Crippen molar-refractivity contribution in [1.29, 1.82) is 0 Å². The van der Waals surface area contributed by atoms with Gasteiger partial charge in [-0.2, -0.15) is 23.5 Å². The molecule has 0 rings (SSSR count). The van der Waals surface area contributed by atoms with Gasteiger partial charge in [-0.15, -0.1) is 13.2 Å². The summed E-state index contributed by atoms with van der Waals surface area (Å²) in [5, 5.41) is 16.6. The number of nitrogens with two attached hydrogens (primary N) is 2. The summed E-state index contributed by atoms with van der Waals surface area (Å²) in [6.45, 7) is 6.99. The smallest absolute Gasteiger partial charge is 0.321 e. The molecule has 116 valence electrons. The topological polar surface area (TPSA) is 127 Å². The zero-order valence-corrected chi connectivity index (χ0v) is 12.9. The quantitative estimate of drug-likeness (QED) is 0.341. The first-order valence-corrected chi connectivity index (χ1v) is 8.01. The monoisotopic (exact) mass is 322 g/mol. The molecule has 0 aromatic heterocycles. The van der Waals surface area contributed by atoms with Gasteiger partial charge in [0.25, 0.3) is 0 Å². The zero-order chi connectivity index (χ0) is 16.0. The highest BCUT2D eigenvalue weighted by atomic mass is 32.2. The van der Waals surface area contributed by atoms with E-state index >= 15 is 0 Å². The molecule has 0 heterocycles. The predicted octanol–water partition coefficient (Wildman–Crippen LogP) is 0.635. The van der Waals surface area contributed by atoms with Crippen molar-refractivity contribution >= 4 is 35.5 Å². The molecule has 0 spiro atoms. The van der Waals surface area contributed by atoms with Crippen LogP contribution in [0.3, 0.4) is 0 Å². The summed E-state index contributed by atoms with van der Waals surface area (Å²) >= 11 is 2.93. The van der Waals surface area contributed by atoms with Crippen LogP contribution < -0.4 is 11.5 Å². The number of carboxylic acids is 2. The lowest BCUT2D eigenvalue weighted by atomic mass is 10.4. The first-order valence-electron chi connectivity index (χ1n) is 5.70. The van der Waals surface area contributed by atoms with E-state index in [1.165, 1.54) is 23.5 Å². The molecule has 0 amide bonds. The van der Waals surface area contributed by atoms with E-state index in [1.54, 1.807) is 12.2 Å². The van der Waals surface area contributed by atoms with Crippen LogP contribution in [0.25, 0.3) is 0 Å². The second-order valence-corrected chi connectivity index (χ2v) is 5.69. The van der Waals surface area contributed by atoms with E-state index in [0.717, 1.165) is 11.5 Å². The summed E-state index contributed by atoms with van der Waals surface area (Å²) in [6.07, 6.45) is 3.44. The molecule has 0 aliphatic carbocycles. The van der Waals surface area contributed by atoms with Gasteiger partial charge in [0, 0.05) is 23.0 Å². The average molecular weight is 322 g/mol. The molecule has 0 aromatic carbocycles. The van der Waals surface area contributed by atoms with Gasteiger partial charge in [-0.3, -0.25) is 9.59 Å². The summed E-state index contributed by atoms with van der Waals surface area (Å²) in [5.74, 6) is 0.498. The van der Waals surface area contributed by atoms with Crippen LogP contribution in [0.1, 0.15) is 0 Å². The van der Waals surface area contributed by atoms with Crippen LogP contribution in [-0.4, -0.2) is 57.2 Å². The Kier molecular flexibility index (Phi) is 15.4. The lowest BCUT2D eigenvalue weighted by molar-refractivity contribution is -0.138. The molecule has 2 unspecified atom stereocenters. The van der Waals surface area contributed by atoms with Gasteiger partial charge >= 0.3 is 11.9 Å². The van der Waals surface area contributed by atoms with Gasteiger partial charge in [0.1, 0.15) is 12.1 Å². The Balaban J connectivity index is 0. The highest BCUT2D eigenvalue weighted by Crippen LogP contribution is 2.01. The molecular formula is C12H22N2O4S2. The van der Waals surface area contributed by atoms with E-state index in [-0.39, 0.29) is 0 Å². The fourth-order valence-electron chi connectivity index (χ4n) is 0.699. The number of hydrogen-bond donors (Lipinski definition) is 4. The molecule has 0 radical (unpaired) electrons. The Labute approximate surface area is 127 Å². The third-order valence-corrected chi connectivity index (χ3v) is 3.83. The zero-order valence-electron chi connectivity index (χ0n) is 11.2. The number of hydrogen-bond acceptors (Lipinski definition) is 6. The van der Waals surface area contributed by atoms with Crippen molar-refractivity contribution in [3.8, 4) is 0 Å². The molecule has 0 fully saturated rings. The number of aliphatic carboxylic acids is 2. The largest absolute Gasteiger partial charge is 0.480 e. The Hall–Kier alpha value is -0.960. The minimum atomic E-state index is -0.948. The summed E-state index contributed by atoms with van der Waals surface area (Å²) in [5.41, 5.74) is 10.4. The van der Waals surface area contributed by atoms with Crippen LogP contribution in [0.4, 0.5) is 0 Å². The van der Waals surface area contributed by atoms with Gasteiger partial charge in [-0.1, -0.05) is 12.2 Å². The lowest BCUT2D eigenvalue weighted by Gasteiger charge is -2.02. The lowest BCUT2D eigenvalue weighted by Crippen LogP contribution is -2.32. The van der Waals surface area contributed by atoms with Gasteiger partial charge in [0.2, 0.25) is 0 Å². The van der Waals surface area contributed by atoms with Crippen molar-refractivity contribution < 1.29 is 19.8 Å². The Bertz CT molecular complexity index is 284. The van der Waals surface area contributed by atoms with Crippen LogP contribution >= 0.6 is 23.5 Å². The standard InChI is InChI=1S/2C6H11NO2S/c2*1-2-3-10-4-5(7)6(8)9/h2*2,5H,1,3-4,7H2,(H,8,9). The van der Waals surface area contributed by atoms with Gasteiger partial charge in [0.15, 0.2) is 0 Å². The Morgan fingerprint density at radius 2 is 1.25 bits per heavy atom. The molecule has 0 saturated heterocycles. The molecule has 2 atom stereocenters. The third-order valence-electron chi connectivity index (χ3n) is 1.70. The van der Waals surface area contributed by atoms with Gasteiger partial charge < -0.3 is 21.7 Å². The maximum absolute atomic E-state index is 10.1. The highest BCUT2D eigenvalue weighted by Gasteiger charge is 2.10. The molecule has 6 N–H and O–H groups in total. The van der Waals surface area contributed by atoms with Crippen molar-refractivity contribution in [3.63, 3.8) is 0 Å². The van der Waals surface area contributed by atoms with Crippen LogP contribution in [0.5, 0.6) is 0 Å². The van der Waals surface area contributed by atoms with Crippen LogP contribution in [0.2, 0.25) is 0 Å². The minimum absolute atomic E-state index is 0.446. The van der Waals surface area contributed by atoms with Gasteiger partial charge in [-0.25, -0.2) is 0 Å². The predicted molar refractivity (Wildman–Crippen MR) is 86.3 cm³/mol. The maximum atomic E-state index is 10.1. The van der Waals surface area contributed by atoms with Crippen LogP contribution in [-0.2, 0) is 9.59 Å². The van der Waals surface area contributed by atoms with Crippen molar-refractivity contribution in [2.45, 2.75) is 12.1 Å². The molecule has 0 bridgehead atoms. The fraction of sp³-hybridized carbons (Fsp3) is 0.500. The third kappa shape index (κ3) is 15.1. The molecular weight excluding hydrogens is 300 g/mol. The summed E-state index contributed by atoms with van der Waals surface area (Å²) in [4.78, 5) is 20.3. The first kappa shape index (κ1) is 21.3. The maximum Gasteiger partial charge on any atom is 0.321 e. The summed E-state index contributed by atoms with van der Waals surface area (Å²) in [7, 11) is 0. The molecule has 20 heavy (non-hydrogen) atoms. The highest BCUT2D eigenvalue weighted by molar-refractivity contribution is 7.99. The minimum Gasteiger partial charge on any atom is -0.480 e. The number of carbonyl (C=O) groups is 2. The van der Waals surface area contributed by atoms with E-state index in [2.05, 4.69) is 13.2 Å². The van der Waals surface area contributed by atoms with Crippen molar-refractivity contribution in [1.82, 2.24) is 0 Å². The molecule has 0 aromatic rings. The van der Waals surface area contributed by atoms with Gasteiger partial charge in [-0.05, 0) is 0 Å². The van der Waals surface area contributed by atoms with E-state index < -0.39 is 24.0 Å². The van der Waals surface area contributed by atoms with Gasteiger partial charge in [0.05, 0.1) is 0 Å². The van der Waals surface area contributed by atoms with E-state index in [0.29, 0.717) is 11.5 Å². The SMILES string of the molecule is C=CCSCC(N)C(=O)O.C=CCSCC(N)C(=O)O. The van der Waals surface area contributed by atoms with Crippen molar-refractivity contribution in [3.05, 3.63) is 25.3 Å². The van der Waals surface area contributed by atoms with E-state index in [4.69, 9.17) is 21.7 Å². The number of carboxylic acid groups (broad SMARTS) is 2. The molecule has 8 heteroatoms. The normalized spacial score (nSPS) is 12.5. The van der Waals surface area contributed by atoms with Crippen LogP contribution in [0.15, 0.2) is 25.3 Å². The fourth-order valence-corrected chi connectivity index (χ4v) is 2.10. The second-order valence-electron chi connectivity index (χ2n) is 3.54.